The fourth-order valence-corrected chi connectivity index (χ4v) is 11.4. The molecule has 0 bridgehead atoms. The van der Waals surface area contributed by atoms with Crippen LogP contribution in [-0.2, 0) is 0 Å². The molecule has 4 saturated carbocycles. The molecule has 0 spiro atoms. The molecule has 6 aliphatic rings. The second-order valence-electron chi connectivity index (χ2n) is 18.1. The van der Waals surface area contributed by atoms with Crippen molar-refractivity contribution in [2.45, 2.75) is 19.3 Å². The first-order chi connectivity index (χ1) is 29.4. The Morgan fingerprint density at radius 3 is 1.20 bits per heavy atom. The van der Waals surface area contributed by atoms with E-state index in [1.54, 1.807) is 19.0 Å². The van der Waals surface area contributed by atoms with E-state index in [1.807, 2.05) is 30.7 Å². The second kappa shape index (κ2) is 17.1. The number of piperidine rings is 2. The lowest BCUT2D eigenvalue weighted by molar-refractivity contribution is 0.318. The lowest BCUT2D eigenvalue weighted by atomic mass is 10.1. The molecule has 12 rings (SSSR count). The summed E-state index contributed by atoms with van der Waals surface area (Å²) in [6, 6.07) is 10.6. The topological polar surface area (TPSA) is 188 Å². The summed E-state index contributed by atoms with van der Waals surface area (Å²) in [5.41, 5.74) is 2.72. The summed E-state index contributed by atoms with van der Waals surface area (Å²) in [5.74, 6) is 10.6. The molecule has 17 heteroatoms. The first-order valence-electron chi connectivity index (χ1n) is 21.6. The Hall–Kier alpha value is -5.55. The number of anilines is 3. The average Bonchev–Trinajstić information content (AvgIpc) is 3.83. The number of hydrogen-bond acceptors (Lipinski definition) is 13. The van der Waals surface area contributed by atoms with E-state index in [2.05, 4.69) is 109 Å². The highest BCUT2D eigenvalue weighted by molar-refractivity contribution is 5.88. The number of H-pyrrole nitrogens is 3. The quantitative estimate of drug-likeness (QED) is 0.147. The van der Waals surface area contributed by atoms with Gasteiger partial charge in [0.2, 0.25) is 0 Å². The minimum atomic E-state index is 0. The van der Waals surface area contributed by atoms with E-state index in [4.69, 9.17) is 10.5 Å². The first-order valence-corrected chi connectivity index (χ1v) is 21.6. The second-order valence-corrected chi connectivity index (χ2v) is 18.1. The molecule has 6 aromatic rings. The zero-order valence-electron chi connectivity index (χ0n) is 35.1. The monoisotopic (exact) mass is 842 g/mol. The van der Waals surface area contributed by atoms with Crippen molar-refractivity contribution in [2.75, 3.05) is 94.7 Å². The maximum atomic E-state index is 8.75. The van der Waals surface area contributed by atoms with E-state index in [1.165, 1.54) is 19.3 Å². The highest BCUT2D eigenvalue weighted by Crippen LogP contribution is 2.58. The van der Waals surface area contributed by atoms with Gasteiger partial charge >= 0.3 is 0 Å². The Bertz CT molecular complexity index is 2380. The van der Waals surface area contributed by atoms with Crippen LogP contribution < -0.4 is 14.7 Å². The lowest BCUT2D eigenvalue weighted by Gasteiger charge is -2.21. The van der Waals surface area contributed by atoms with Gasteiger partial charge < -0.3 is 29.7 Å². The van der Waals surface area contributed by atoms with Gasteiger partial charge in [0.15, 0.2) is 0 Å². The van der Waals surface area contributed by atoms with Crippen LogP contribution in [0.4, 0.5) is 17.5 Å². The first kappa shape index (κ1) is 40.8. The maximum absolute atomic E-state index is 8.75. The van der Waals surface area contributed by atoms with Gasteiger partial charge in [-0.3, -0.25) is 9.80 Å². The normalized spacial score (nSPS) is 27.7. The number of nitrogens with one attached hydrogen (secondary N) is 3. The Balaban J connectivity index is 0.000000116. The van der Waals surface area contributed by atoms with Gasteiger partial charge in [0.1, 0.15) is 53.4 Å². The van der Waals surface area contributed by atoms with Crippen LogP contribution in [0.25, 0.3) is 33.1 Å². The number of rotatable bonds is 11. The van der Waals surface area contributed by atoms with Crippen molar-refractivity contribution >= 4 is 63.0 Å². The molecule has 3 N–H and O–H groups in total. The molecule has 8 heterocycles. The number of likely N-dealkylation sites (tertiary alicyclic amines) is 2. The summed E-state index contributed by atoms with van der Waals surface area (Å²) in [4.78, 5) is 46.8. The van der Waals surface area contributed by atoms with E-state index in [9.17, 15) is 0 Å². The predicted molar refractivity (Wildman–Crippen MR) is 238 cm³/mol. The van der Waals surface area contributed by atoms with Crippen molar-refractivity contribution in [2.24, 2.45) is 53.3 Å². The summed E-state index contributed by atoms with van der Waals surface area (Å²) in [7, 11) is 6.37. The molecule has 9 atom stereocenters. The summed E-state index contributed by atoms with van der Waals surface area (Å²) in [6.07, 6.45) is 15.0. The fraction of sp³-hybridized carbons (Fsp3) is 0.545. The zero-order valence-corrected chi connectivity index (χ0v) is 35.9. The van der Waals surface area contributed by atoms with Crippen LogP contribution in [0.5, 0.6) is 0 Å². The highest BCUT2D eigenvalue weighted by Gasteiger charge is 2.56. The number of hydrogen-bond donors (Lipinski definition) is 3. The van der Waals surface area contributed by atoms with Gasteiger partial charge in [-0.1, -0.05) is 6.42 Å². The molecule has 0 aromatic carbocycles. The fourth-order valence-electron chi connectivity index (χ4n) is 11.4. The van der Waals surface area contributed by atoms with Gasteiger partial charge in [0.25, 0.3) is 0 Å². The molecule has 318 valence electrons. The molecule has 6 aromatic heterocycles. The summed E-state index contributed by atoms with van der Waals surface area (Å²) in [6.45, 7) is 8.70. The number of nitrogens with zero attached hydrogens (tertiary/aromatic N) is 13. The molecule has 2 saturated heterocycles. The van der Waals surface area contributed by atoms with Crippen molar-refractivity contribution in [3.05, 3.63) is 55.8 Å². The van der Waals surface area contributed by atoms with Crippen LogP contribution in [-0.4, -0.2) is 135 Å². The summed E-state index contributed by atoms with van der Waals surface area (Å²) < 4.78 is 0. The summed E-state index contributed by atoms with van der Waals surface area (Å²) >= 11 is 0. The number of nitriles is 2. The Morgan fingerprint density at radius 1 is 0.541 bits per heavy atom. The average molecular weight is 843 g/mol. The molecular weight excluding hydrogens is 788 g/mol. The smallest absolute Gasteiger partial charge is 0.142 e. The van der Waals surface area contributed by atoms with Crippen LogP contribution in [0.2, 0.25) is 0 Å². The van der Waals surface area contributed by atoms with Crippen molar-refractivity contribution in [3.8, 4) is 12.1 Å². The number of aromatic amines is 3. The van der Waals surface area contributed by atoms with Crippen molar-refractivity contribution in [3.63, 3.8) is 0 Å². The number of aromatic nitrogens is 9. The number of fused-ring (bicyclic) bond motifs is 6. The minimum absolute atomic E-state index is 0. The van der Waals surface area contributed by atoms with Crippen LogP contribution in [0, 0.1) is 75.9 Å². The largest absolute Gasteiger partial charge is 0.359 e. The summed E-state index contributed by atoms with van der Waals surface area (Å²) in [5, 5.41) is 20.8. The van der Waals surface area contributed by atoms with Gasteiger partial charge in [-0.05, 0) is 84.3 Å². The molecule has 61 heavy (non-hydrogen) atoms. The van der Waals surface area contributed by atoms with Crippen LogP contribution in [0.15, 0.2) is 55.8 Å². The van der Waals surface area contributed by atoms with E-state index < -0.39 is 0 Å². The van der Waals surface area contributed by atoms with E-state index >= 15 is 0 Å². The van der Waals surface area contributed by atoms with E-state index in [0.717, 1.165) is 150 Å². The molecule has 2 aliphatic heterocycles. The third-order valence-corrected chi connectivity index (χ3v) is 14.6. The maximum Gasteiger partial charge on any atom is 0.142 e. The molecule has 0 amide bonds. The molecule has 16 nitrogen and oxygen atoms in total. The zero-order chi connectivity index (χ0) is 40.9. The van der Waals surface area contributed by atoms with Crippen LogP contribution >= 0.6 is 12.4 Å². The Labute approximate surface area is 362 Å². The van der Waals surface area contributed by atoms with Crippen molar-refractivity contribution < 1.29 is 0 Å². The van der Waals surface area contributed by atoms with Crippen molar-refractivity contribution in [1.29, 1.82) is 10.5 Å². The van der Waals surface area contributed by atoms with E-state index in [0.29, 0.717) is 13.1 Å². The van der Waals surface area contributed by atoms with E-state index in [-0.39, 0.29) is 12.4 Å². The molecule has 3 unspecified atom stereocenters. The van der Waals surface area contributed by atoms with Gasteiger partial charge in [-0.15, -0.1) is 12.4 Å². The van der Waals surface area contributed by atoms with Crippen LogP contribution in [0.3, 0.4) is 0 Å². The van der Waals surface area contributed by atoms with Crippen molar-refractivity contribution in [1.82, 2.24) is 54.7 Å². The van der Waals surface area contributed by atoms with Gasteiger partial charge in [-0.2, -0.15) is 10.5 Å². The Morgan fingerprint density at radius 2 is 0.869 bits per heavy atom. The molecule has 0 radical (unpaired) electrons. The highest BCUT2D eigenvalue weighted by atomic mass is 35.5. The standard InChI is InChI=1S/2C15H18N6.C14H18N4.ClH/c2*1-20(15-10-2-4-17-14(10)18-9-19-15)6-11-12-7-21(5-3-16)8-13(11)12;1-18(7-12-9-3-2-4-10(9)12)14-11-5-6-15-13(11)16-8-17-14;/h2*2,4,9,11-13H,5-8H2,1H3,(H,17,18,19);5-6,8-10,12H,2-4,7H2,1H3,(H,15,16,17);1H/t2*11?,12-,13+;9-,10+,12?;. The van der Waals surface area contributed by atoms with Gasteiger partial charge in [-0.25, -0.2) is 29.9 Å². The molecule has 4 aliphatic carbocycles. The SMILES string of the molecule is CN(CC1[C@H]2CCC[C@@H]12)c1ncnc2[nH]ccc12.CN(CC1[C@H]2CN(CC#N)C[C@@H]12)c1ncnc2[nH]ccc12.CN(CC1[C@H]2CN(CC#N)C[C@@H]12)c1ncnc2[nH]ccc12.Cl. The van der Waals surface area contributed by atoms with Gasteiger partial charge in [0.05, 0.1) is 41.4 Å². The Kier molecular flexibility index (Phi) is 11.4. The van der Waals surface area contributed by atoms with Crippen LogP contribution in [0.1, 0.15) is 19.3 Å². The lowest BCUT2D eigenvalue weighted by Crippen LogP contribution is -2.29. The number of halogens is 1. The molecule has 6 fully saturated rings. The molecular formula is C44H55ClN16. The van der Waals surface area contributed by atoms with Gasteiger partial charge in [0, 0.05) is 85.5 Å². The predicted octanol–water partition coefficient (Wildman–Crippen LogP) is 5.05. The third kappa shape index (κ3) is 8.05. The minimum Gasteiger partial charge on any atom is -0.359 e. The third-order valence-electron chi connectivity index (χ3n) is 14.6.